The quantitative estimate of drug-likeness (QED) is 0.570. The summed E-state index contributed by atoms with van der Waals surface area (Å²) in [5.74, 6) is -0.365. The van der Waals surface area contributed by atoms with Gasteiger partial charge in [0.1, 0.15) is 6.33 Å². The van der Waals surface area contributed by atoms with Gasteiger partial charge in [-0.3, -0.25) is 4.57 Å². The van der Waals surface area contributed by atoms with Crippen molar-refractivity contribution in [3.05, 3.63) is 65.7 Å². The molecule has 4 rings (SSSR count). The molecule has 0 aliphatic carbocycles. The smallest absolute Gasteiger partial charge is 0.335 e. The number of hydrogen-bond donors (Lipinski definition) is 2. The van der Waals surface area contributed by atoms with E-state index in [4.69, 9.17) is 16.7 Å². The molecule has 8 nitrogen and oxygen atoms in total. The summed E-state index contributed by atoms with van der Waals surface area (Å²) in [4.78, 5) is 27.8. The van der Waals surface area contributed by atoms with Crippen molar-refractivity contribution in [3.63, 3.8) is 0 Å². The van der Waals surface area contributed by atoms with Crippen molar-refractivity contribution in [1.29, 1.82) is 0 Å². The highest BCUT2D eigenvalue weighted by molar-refractivity contribution is 6.29. The van der Waals surface area contributed by atoms with Crippen LogP contribution in [0.3, 0.4) is 0 Å². The molecule has 26 heavy (non-hydrogen) atoms. The van der Waals surface area contributed by atoms with Crippen LogP contribution in [-0.4, -0.2) is 35.6 Å². The summed E-state index contributed by atoms with van der Waals surface area (Å²) in [6.45, 7) is 0. The van der Waals surface area contributed by atoms with E-state index in [1.165, 1.54) is 18.5 Å². The van der Waals surface area contributed by atoms with Gasteiger partial charge in [0.15, 0.2) is 0 Å². The van der Waals surface area contributed by atoms with Crippen LogP contribution in [0.5, 0.6) is 0 Å². The van der Waals surface area contributed by atoms with E-state index < -0.39 is 5.97 Å². The second-order valence-electron chi connectivity index (χ2n) is 5.32. The number of rotatable bonds is 4. The van der Waals surface area contributed by atoms with Crippen molar-refractivity contribution in [1.82, 2.24) is 24.5 Å². The number of para-hydroxylation sites is 2. The Morgan fingerprint density at radius 1 is 1.04 bits per heavy atom. The van der Waals surface area contributed by atoms with Crippen LogP contribution in [0.4, 0.5) is 11.6 Å². The van der Waals surface area contributed by atoms with E-state index >= 15 is 0 Å². The van der Waals surface area contributed by atoms with Crippen LogP contribution in [0.1, 0.15) is 10.4 Å². The van der Waals surface area contributed by atoms with Crippen molar-refractivity contribution >= 4 is 40.2 Å². The maximum absolute atomic E-state index is 10.9. The molecule has 0 unspecified atom stereocenters. The van der Waals surface area contributed by atoms with Crippen LogP contribution in [0.15, 0.2) is 54.9 Å². The molecule has 0 bridgehead atoms. The Bertz CT molecular complexity index is 1110. The van der Waals surface area contributed by atoms with Crippen molar-refractivity contribution < 1.29 is 9.90 Å². The second-order valence-corrected chi connectivity index (χ2v) is 5.66. The van der Waals surface area contributed by atoms with Crippen molar-refractivity contribution in [3.8, 4) is 5.95 Å². The Labute approximate surface area is 152 Å². The fraction of sp³-hybridized carbons (Fsp3) is 0. The molecule has 0 amide bonds. The average molecular weight is 367 g/mol. The normalized spacial score (nSPS) is 10.8. The minimum absolute atomic E-state index is 0.198. The molecule has 0 atom stereocenters. The Kier molecular flexibility index (Phi) is 3.94. The maximum atomic E-state index is 10.9. The van der Waals surface area contributed by atoms with Gasteiger partial charge in [0.25, 0.3) is 0 Å². The zero-order chi connectivity index (χ0) is 18.1. The van der Waals surface area contributed by atoms with Gasteiger partial charge in [-0.05, 0) is 48.0 Å². The monoisotopic (exact) mass is 366 g/mol. The first kappa shape index (κ1) is 16.0. The number of aromatic carboxylic acids is 1. The van der Waals surface area contributed by atoms with Gasteiger partial charge >= 0.3 is 5.97 Å². The number of nitrogens with zero attached hydrogens (tertiary/aromatic N) is 5. The van der Waals surface area contributed by atoms with Gasteiger partial charge in [-0.2, -0.15) is 4.98 Å². The molecule has 0 spiro atoms. The molecule has 0 fully saturated rings. The van der Waals surface area contributed by atoms with Crippen LogP contribution in [0, 0.1) is 0 Å². The lowest BCUT2D eigenvalue weighted by molar-refractivity contribution is 0.0697. The van der Waals surface area contributed by atoms with Gasteiger partial charge in [-0.25, -0.2) is 19.7 Å². The molecule has 2 aromatic carbocycles. The SMILES string of the molecule is O=C(O)c1ccc(Nc2ncnc(-n3c(Cl)nc4ccccc43)n2)cc1. The average Bonchev–Trinajstić information content (AvgIpc) is 2.98. The molecule has 0 radical (unpaired) electrons. The molecule has 2 aromatic heterocycles. The molecular weight excluding hydrogens is 356 g/mol. The number of carboxylic acid groups (broad SMARTS) is 1. The summed E-state index contributed by atoms with van der Waals surface area (Å²) in [6.07, 6.45) is 1.36. The van der Waals surface area contributed by atoms with Gasteiger partial charge in [0.05, 0.1) is 16.6 Å². The highest BCUT2D eigenvalue weighted by Gasteiger charge is 2.13. The van der Waals surface area contributed by atoms with Crippen LogP contribution in [0.25, 0.3) is 17.0 Å². The number of carboxylic acids is 1. The van der Waals surface area contributed by atoms with Gasteiger partial charge in [0.2, 0.25) is 17.2 Å². The topological polar surface area (TPSA) is 106 Å². The number of carbonyl (C=O) groups is 1. The van der Waals surface area contributed by atoms with Crippen LogP contribution in [-0.2, 0) is 0 Å². The number of benzene rings is 2. The molecule has 9 heteroatoms. The lowest BCUT2D eigenvalue weighted by atomic mass is 10.2. The van der Waals surface area contributed by atoms with Gasteiger partial charge in [0, 0.05) is 5.69 Å². The minimum atomic E-state index is -0.986. The Hall–Kier alpha value is -3.52. The molecule has 4 aromatic rings. The number of hydrogen-bond acceptors (Lipinski definition) is 6. The second kappa shape index (κ2) is 6.41. The van der Waals surface area contributed by atoms with Crippen molar-refractivity contribution in [2.75, 3.05) is 5.32 Å². The Balaban J connectivity index is 1.68. The third-order valence-electron chi connectivity index (χ3n) is 3.67. The van der Waals surface area contributed by atoms with E-state index in [0.29, 0.717) is 17.6 Å². The Morgan fingerprint density at radius 2 is 1.81 bits per heavy atom. The predicted molar refractivity (Wildman–Crippen MR) is 96.1 cm³/mol. The maximum Gasteiger partial charge on any atom is 0.335 e. The predicted octanol–water partition coefficient (Wildman–Crippen LogP) is 3.31. The summed E-state index contributed by atoms with van der Waals surface area (Å²) in [5, 5.41) is 12.2. The fourth-order valence-electron chi connectivity index (χ4n) is 2.47. The number of halogens is 1. The highest BCUT2D eigenvalue weighted by Crippen LogP contribution is 2.23. The summed E-state index contributed by atoms with van der Waals surface area (Å²) < 4.78 is 1.62. The molecule has 2 heterocycles. The fourth-order valence-corrected chi connectivity index (χ4v) is 2.73. The van der Waals surface area contributed by atoms with E-state index in [1.54, 1.807) is 16.7 Å². The number of anilines is 2. The summed E-state index contributed by atoms with van der Waals surface area (Å²) in [5.41, 5.74) is 2.36. The number of imidazole rings is 1. The first-order valence-electron chi connectivity index (χ1n) is 7.54. The highest BCUT2D eigenvalue weighted by atomic mass is 35.5. The molecule has 0 saturated carbocycles. The van der Waals surface area contributed by atoms with E-state index in [2.05, 4.69) is 25.3 Å². The van der Waals surface area contributed by atoms with Gasteiger partial charge < -0.3 is 10.4 Å². The van der Waals surface area contributed by atoms with Crippen molar-refractivity contribution in [2.45, 2.75) is 0 Å². The van der Waals surface area contributed by atoms with E-state index in [-0.39, 0.29) is 10.8 Å². The van der Waals surface area contributed by atoms with Crippen LogP contribution in [0.2, 0.25) is 5.28 Å². The van der Waals surface area contributed by atoms with Crippen LogP contribution < -0.4 is 5.32 Å². The third-order valence-corrected chi connectivity index (χ3v) is 3.92. The molecule has 0 saturated heterocycles. The number of nitrogens with one attached hydrogen (secondary N) is 1. The molecule has 0 aliphatic heterocycles. The standard InChI is InChI=1S/C17H11ClN6O2/c18-15-22-12-3-1-2-4-13(12)24(15)17-20-9-19-16(23-17)21-11-7-5-10(6-8-11)14(25)26/h1-9H,(H,25,26)(H,19,20,21,23). The van der Waals surface area contributed by atoms with E-state index in [1.807, 2.05) is 24.3 Å². The van der Waals surface area contributed by atoms with Gasteiger partial charge in [-0.1, -0.05) is 12.1 Å². The lowest BCUT2D eigenvalue weighted by Gasteiger charge is -2.07. The molecule has 128 valence electrons. The summed E-state index contributed by atoms with van der Waals surface area (Å²) >= 11 is 6.24. The largest absolute Gasteiger partial charge is 0.478 e. The van der Waals surface area contributed by atoms with Gasteiger partial charge in [-0.15, -0.1) is 0 Å². The lowest BCUT2D eigenvalue weighted by Crippen LogP contribution is -2.05. The number of aromatic nitrogens is 5. The first-order chi connectivity index (χ1) is 12.6. The summed E-state index contributed by atoms with van der Waals surface area (Å²) in [6, 6.07) is 13.7. The zero-order valence-electron chi connectivity index (χ0n) is 13.2. The first-order valence-corrected chi connectivity index (χ1v) is 7.92. The molecule has 0 aliphatic rings. The van der Waals surface area contributed by atoms with E-state index in [9.17, 15) is 4.79 Å². The van der Waals surface area contributed by atoms with Crippen LogP contribution >= 0.6 is 11.6 Å². The molecule has 2 N–H and O–H groups in total. The number of fused-ring (bicyclic) bond motifs is 1. The Morgan fingerprint density at radius 3 is 2.58 bits per heavy atom. The van der Waals surface area contributed by atoms with Crippen molar-refractivity contribution in [2.24, 2.45) is 0 Å². The zero-order valence-corrected chi connectivity index (χ0v) is 13.9. The summed E-state index contributed by atoms with van der Waals surface area (Å²) in [7, 11) is 0. The third kappa shape index (κ3) is 2.93. The molecular formula is C17H11ClN6O2. The minimum Gasteiger partial charge on any atom is -0.478 e. The van der Waals surface area contributed by atoms with E-state index in [0.717, 1.165) is 11.0 Å².